The van der Waals surface area contributed by atoms with Crippen molar-refractivity contribution in [2.75, 3.05) is 13.2 Å². The van der Waals surface area contributed by atoms with Crippen molar-refractivity contribution in [3.05, 3.63) is 60.9 Å². The molecule has 25 heavy (non-hydrogen) atoms. The summed E-state index contributed by atoms with van der Waals surface area (Å²) in [5.74, 6) is -1.48. The van der Waals surface area contributed by atoms with E-state index in [0.29, 0.717) is 6.42 Å². The minimum Gasteiger partial charge on any atom is -0.480 e. The van der Waals surface area contributed by atoms with Gasteiger partial charge in [0.1, 0.15) is 0 Å². The van der Waals surface area contributed by atoms with Gasteiger partial charge in [-0.2, -0.15) is 5.10 Å². The fourth-order valence-electron chi connectivity index (χ4n) is 2.18. The van der Waals surface area contributed by atoms with Crippen LogP contribution < -0.4 is 5.32 Å². The average Bonchev–Trinajstić information content (AvgIpc) is 3.09. The van der Waals surface area contributed by atoms with Gasteiger partial charge in [0.2, 0.25) is 5.91 Å². The van der Waals surface area contributed by atoms with Gasteiger partial charge in [-0.1, -0.05) is 24.3 Å². The summed E-state index contributed by atoms with van der Waals surface area (Å²) in [5.41, 5.74) is 1.83. The first-order chi connectivity index (χ1) is 12.1. The molecule has 1 unspecified atom stereocenters. The first-order valence-electron chi connectivity index (χ1n) is 7.90. The minimum atomic E-state index is -1.13. The van der Waals surface area contributed by atoms with E-state index in [-0.39, 0.29) is 25.5 Å². The molecule has 1 aromatic heterocycles. The summed E-state index contributed by atoms with van der Waals surface area (Å²) in [5, 5.41) is 15.8. The maximum Gasteiger partial charge on any atom is 0.328 e. The zero-order chi connectivity index (χ0) is 18.1. The molecule has 0 fully saturated rings. The topological polar surface area (TPSA) is 93.5 Å². The van der Waals surface area contributed by atoms with Crippen molar-refractivity contribution in [3.8, 4) is 5.69 Å². The highest BCUT2D eigenvalue weighted by atomic mass is 16.5. The quantitative estimate of drug-likeness (QED) is 0.505. The Balaban J connectivity index is 1.84. The van der Waals surface area contributed by atoms with E-state index in [1.54, 1.807) is 10.9 Å². The zero-order valence-electron chi connectivity index (χ0n) is 13.8. The van der Waals surface area contributed by atoms with Gasteiger partial charge in [-0.25, -0.2) is 9.48 Å². The van der Waals surface area contributed by atoms with Crippen LogP contribution in [0.3, 0.4) is 0 Å². The second-order valence-corrected chi connectivity index (χ2v) is 5.41. The first-order valence-corrected chi connectivity index (χ1v) is 7.90. The Hall–Kier alpha value is -2.93. The Bertz CT molecular complexity index is 712. The van der Waals surface area contributed by atoms with E-state index in [1.165, 1.54) is 6.08 Å². The Morgan fingerprint density at radius 1 is 1.36 bits per heavy atom. The van der Waals surface area contributed by atoms with Crippen molar-refractivity contribution in [3.63, 3.8) is 0 Å². The second-order valence-electron chi connectivity index (χ2n) is 5.41. The predicted octanol–water partition coefficient (Wildman–Crippen LogP) is 1.58. The van der Waals surface area contributed by atoms with Crippen molar-refractivity contribution >= 4 is 11.9 Å². The number of ether oxygens (including phenoxy) is 1. The normalized spacial score (nSPS) is 11.7. The lowest BCUT2D eigenvalue weighted by Crippen LogP contribution is -2.44. The molecule has 1 amide bonds. The lowest BCUT2D eigenvalue weighted by Gasteiger charge is -2.14. The number of hydrogen-bond acceptors (Lipinski definition) is 4. The third-order valence-corrected chi connectivity index (χ3v) is 3.45. The first kappa shape index (κ1) is 18.4. The Kier molecular flexibility index (Phi) is 6.91. The molecule has 0 aliphatic carbocycles. The molecule has 1 atom stereocenters. The van der Waals surface area contributed by atoms with Crippen LogP contribution in [0.25, 0.3) is 5.69 Å². The minimum absolute atomic E-state index is 0.0982. The highest BCUT2D eigenvalue weighted by Crippen LogP contribution is 2.09. The van der Waals surface area contributed by atoms with Crippen LogP contribution in [0.1, 0.15) is 12.0 Å². The van der Waals surface area contributed by atoms with E-state index in [9.17, 15) is 9.59 Å². The molecule has 2 rings (SSSR count). The molecular formula is C18H21N3O4. The molecule has 7 nitrogen and oxygen atoms in total. The number of nitrogens with zero attached hydrogens (tertiary/aromatic N) is 2. The molecule has 0 saturated heterocycles. The number of carboxylic acids is 1. The Morgan fingerprint density at radius 2 is 2.12 bits per heavy atom. The average molecular weight is 343 g/mol. The van der Waals surface area contributed by atoms with Crippen molar-refractivity contribution in [2.45, 2.75) is 18.9 Å². The molecule has 7 heteroatoms. The monoisotopic (exact) mass is 343 g/mol. The number of carbonyl (C=O) groups is 2. The molecule has 2 N–H and O–H groups in total. The summed E-state index contributed by atoms with van der Waals surface area (Å²) >= 11 is 0. The fraction of sp³-hybridized carbons (Fsp3) is 0.278. The number of rotatable bonds is 10. The molecule has 1 aromatic carbocycles. The van der Waals surface area contributed by atoms with Gasteiger partial charge in [-0.15, -0.1) is 6.58 Å². The summed E-state index contributed by atoms with van der Waals surface area (Å²) in [6.45, 7) is 3.62. The van der Waals surface area contributed by atoms with Gasteiger partial charge in [-0.3, -0.25) is 4.79 Å². The van der Waals surface area contributed by atoms with Crippen molar-refractivity contribution in [1.29, 1.82) is 0 Å². The largest absolute Gasteiger partial charge is 0.480 e. The molecule has 0 saturated carbocycles. The number of aliphatic carboxylic acids is 1. The van der Waals surface area contributed by atoms with Crippen LogP contribution >= 0.6 is 0 Å². The van der Waals surface area contributed by atoms with Crippen molar-refractivity contribution in [2.24, 2.45) is 0 Å². The standard InChI is InChI=1S/C18H21N3O4/c1-2-10-25-13-16(18(23)24)20-17(22)9-8-14-11-19-21(12-14)15-6-4-3-5-7-15/h2-7,11-12,16H,1,8-10,13H2,(H,20,22)(H,23,24). The van der Waals surface area contributed by atoms with E-state index in [4.69, 9.17) is 9.84 Å². The van der Waals surface area contributed by atoms with E-state index in [2.05, 4.69) is 17.0 Å². The maximum atomic E-state index is 12.0. The van der Waals surface area contributed by atoms with Gasteiger partial charge in [0.25, 0.3) is 0 Å². The molecule has 1 heterocycles. The van der Waals surface area contributed by atoms with Gasteiger partial charge >= 0.3 is 5.97 Å². The zero-order valence-corrected chi connectivity index (χ0v) is 13.8. The number of amides is 1. The van der Waals surface area contributed by atoms with Gasteiger partial charge in [0, 0.05) is 12.6 Å². The van der Waals surface area contributed by atoms with E-state index in [1.807, 2.05) is 36.5 Å². The number of carboxylic acid groups (broad SMARTS) is 1. The number of para-hydroxylation sites is 1. The van der Waals surface area contributed by atoms with Crippen molar-refractivity contribution < 1.29 is 19.4 Å². The Labute approximate surface area is 145 Å². The summed E-state index contributed by atoms with van der Waals surface area (Å²) in [6.07, 6.45) is 5.71. The third-order valence-electron chi connectivity index (χ3n) is 3.45. The maximum absolute atomic E-state index is 12.0. The summed E-state index contributed by atoms with van der Waals surface area (Å²) in [4.78, 5) is 23.1. The summed E-state index contributed by atoms with van der Waals surface area (Å²) in [6, 6.07) is 8.57. The van der Waals surface area contributed by atoms with Gasteiger partial charge in [0.15, 0.2) is 6.04 Å². The molecule has 2 aromatic rings. The predicted molar refractivity (Wildman–Crippen MR) is 92.5 cm³/mol. The second kappa shape index (κ2) is 9.39. The lowest BCUT2D eigenvalue weighted by atomic mass is 10.2. The van der Waals surface area contributed by atoms with E-state index >= 15 is 0 Å². The third kappa shape index (κ3) is 5.89. The van der Waals surface area contributed by atoms with Gasteiger partial charge in [-0.05, 0) is 24.1 Å². The van der Waals surface area contributed by atoms with Crippen LogP contribution in [0.2, 0.25) is 0 Å². The van der Waals surface area contributed by atoms with Crippen molar-refractivity contribution in [1.82, 2.24) is 15.1 Å². The summed E-state index contributed by atoms with van der Waals surface area (Å²) < 4.78 is 6.83. The molecule has 132 valence electrons. The molecule has 0 radical (unpaired) electrons. The number of benzene rings is 1. The molecular weight excluding hydrogens is 322 g/mol. The van der Waals surface area contributed by atoms with Crippen LogP contribution in [0.5, 0.6) is 0 Å². The van der Waals surface area contributed by atoms with Crippen LogP contribution in [-0.4, -0.2) is 46.0 Å². The highest BCUT2D eigenvalue weighted by molar-refractivity contribution is 5.83. The molecule has 0 aliphatic heterocycles. The molecule has 0 spiro atoms. The van der Waals surface area contributed by atoms with Crippen LogP contribution in [0.15, 0.2) is 55.4 Å². The smallest absolute Gasteiger partial charge is 0.328 e. The number of carbonyl (C=O) groups excluding carboxylic acids is 1. The van der Waals surface area contributed by atoms with Crippen LogP contribution in [0, 0.1) is 0 Å². The number of aryl methyl sites for hydroxylation is 1. The SMILES string of the molecule is C=CCOCC(NC(=O)CCc1cnn(-c2ccccc2)c1)C(=O)O. The number of nitrogens with one attached hydrogen (secondary N) is 1. The van der Waals surface area contributed by atoms with Crippen LogP contribution in [0.4, 0.5) is 0 Å². The molecule has 0 aliphatic rings. The Morgan fingerprint density at radius 3 is 2.80 bits per heavy atom. The lowest BCUT2D eigenvalue weighted by molar-refractivity contribution is -0.143. The van der Waals surface area contributed by atoms with E-state index in [0.717, 1.165) is 11.3 Å². The summed E-state index contributed by atoms with van der Waals surface area (Å²) in [7, 11) is 0. The fourth-order valence-corrected chi connectivity index (χ4v) is 2.18. The van der Waals surface area contributed by atoms with Gasteiger partial charge < -0.3 is 15.2 Å². The molecule has 0 bridgehead atoms. The van der Waals surface area contributed by atoms with E-state index < -0.39 is 12.0 Å². The van der Waals surface area contributed by atoms with Crippen LogP contribution in [-0.2, 0) is 20.7 Å². The number of aromatic nitrogens is 2. The van der Waals surface area contributed by atoms with Gasteiger partial charge in [0.05, 0.1) is 25.1 Å². The number of hydrogen-bond donors (Lipinski definition) is 2. The highest BCUT2D eigenvalue weighted by Gasteiger charge is 2.19.